The van der Waals surface area contributed by atoms with Crippen LogP contribution >= 0.6 is 11.3 Å². The number of hydrogen-bond donors (Lipinski definition) is 2. The fourth-order valence-corrected chi connectivity index (χ4v) is 5.10. The lowest BCUT2D eigenvalue weighted by Gasteiger charge is -2.39. The standard InChI is InChI=1S/C24H25N3O5S/c1-24(2,3)20-7-12-6-14(19-10-26-22(33-19)21(29)25-4)18(32-5)8-13(12)16-9-17(28)15(23(30)31)11-27(16)20/h6,8-11,20H,7H2,1-5H3,(H,25,29)(H,30,31). The summed E-state index contributed by atoms with van der Waals surface area (Å²) in [5, 5.41) is 12.4. The van der Waals surface area contributed by atoms with Gasteiger partial charge in [-0.05, 0) is 29.5 Å². The van der Waals surface area contributed by atoms with Crippen LogP contribution in [0.4, 0.5) is 0 Å². The van der Waals surface area contributed by atoms with Crippen LogP contribution in [0.5, 0.6) is 5.75 Å². The van der Waals surface area contributed by atoms with Crippen LogP contribution in [0.1, 0.15) is 52.5 Å². The highest BCUT2D eigenvalue weighted by Crippen LogP contribution is 2.46. The van der Waals surface area contributed by atoms with Crippen molar-refractivity contribution in [3.63, 3.8) is 0 Å². The second-order valence-corrected chi connectivity index (χ2v) is 10.1. The molecule has 172 valence electrons. The molecule has 8 nitrogen and oxygen atoms in total. The van der Waals surface area contributed by atoms with Gasteiger partial charge in [0.25, 0.3) is 5.91 Å². The summed E-state index contributed by atoms with van der Waals surface area (Å²) in [6.45, 7) is 6.27. The van der Waals surface area contributed by atoms with E-state index in [9.17, 15) is 19.5 Å². The average Bonchev–Trinajstić information content (AvgIpc) is 3.26. The van der Waals surface area contributed by atoms with Crippen molar-refractivity contribution >= 4 is 23.2 Å². The molecule has 1 atom stereocenters. The maximum atomic E-state index is 12.6. The van der Waals surface area contributed by atoms with Gasteiger partial charge in [0.05, 0.1) is 17.7 Å². The van der Waals surface area contributed by atoms with Crippen LogP contribution in [0.25, 0.3) is 21.7 Å². The summed E-state index contributed by atoms with van der Waals surface area (Å²) < 4.78 is 7.57. The Hall–Kier alpha value is -3.46. The molecule has 2 aromatic heterocycles. The van der Waals surface area contributed by atoms with E-state index in [0.29, 0.717) is 22.9 Å². The van der Waals surface area contributed by atoms with Crippen molar-refractivity contribution in [2.45, 2.75) is 33.2 Å². The van der Waals surface area contributed by atoms with Crippen molar-refractivity contribution < 1.29 is 19.4 Å². The molecule has 0 bridgehead atoms. The molecule has 0 spiro atoms. The summed E-state index contributed by atoms with van der Waals surface area (Å²) in [5.74, 6) is -0.909. The monoisotopic (exact) mass is 467 g/mol. The molecule has 3 heterocycles. The van der Waals surface area contributed by atoms with E-state index >= 15 is 0 Å². The number of carbonyl (C=O) groups excluding carboxylic acids is 1. The highest BCUT2D eigenvalue weighted by Gasteiger charge is 2.34. The molecule has 0 saturated heterocycles. The molecule has 2 N–H and O–H groups in total. The molecule has 1 aliphatic heterocycles. The number of rotatable bonds is 4. The van der Waals surface area contributed by atoms with Crippen LogP contribution in [0, 0.1) is 5.41 Å². The molecule has 0 aliphatic carbocycles. The van der Waals surface area contributed by atoms with E-state index in [4.69, 9.17) is 4.74 Å². The van der Waals surface area contributed by atoms with Gasteiger partial charge < -0.3 is 19.7 Å². The number of aromatic nitrogens is 2. The number of hydrogen-bond acceptors (Lipinski definition) is 6. The number of carboxylic acid groups (broad SMARTS) is 1. The average molecular weight is 468 g/mol. The Bertz CT molecular complexity index is 1330. The van der Waals surface area contributed by atoms with Gasteiger partial charge in [0.2, 0.25) is 0 Å². The van der Waals surface area contributed by atoms with E-state index in [1.54, 1.807) is 20.4 Å². The van der Waals surface area contributed by atoms with E-state index in [-0.39, 0.29) is 22.9 Å². The lowest BCUT2D eigenvalue weighted by molar-refractivity contribution is 0.0693. The fourth-order valence-electron chi connectivity index (χ4n) is 4.22. The topological polar surface area (TPSA) is 111 Å². The molecule has 9 heteroatoms. The number of amides is 1. The molecule has 4 rings (SSSR count). The lowest BCUT2D eigenvalue weighted by atomic mass is 9.78. The molecule has 1 amide bonds. The quantitative estimate of drug-likeness (QED) is 0.603. The van der Waals surface area contributed by atoms with Crippen molar-refractivity contribution in [1.29, 1.82) is 0 Å². The Labute approximate surface area is 194 Å². The number of nitrogens with one attached hydrogen (secondary N) is 1. The third-order valence-electron chi connectivity index (χ3n) is 5.95. The normalized spacial score (nSPS) is 14.9. The number of carbonyl (C=O) groups is 2. The summed E-state index contributed by atoms with van der Waals surface area (Å²) in [6, 6.07) is 5.22. The minimum atomic E-state index is -1.24. The van der Waals surface area contributed by atoms with E-state index in [1.165, 1.54) is 23.6 Å². The van der Waals surface area contributed by atoms with Crippen LogP contribution in [-0.4, -0.2) is 40.7 Å². The zero-order valence-corrected chi connectivity index (χ0v) is 19.9. The highest BCUT2D eigenvalue weighted by atomic mass is 32.1. The number of thiazole rings is 1. The first-order valence-electron chi connectivity index (χ1n) is 10.4. The maximum absolute atomic E-state index is 12.6. The van der Waals surface area contributed by atoms with Crippen molar-refractivity contribution in [3.05, 3.63) is 57.0 Å². The number of ether oxygens (including phenoxy) is 1. The van der Waals surface area contributed by atoms with E-state index in [2.05, 4.69) is 31.1 Å². The van der Waals surface area contributed by atoms with E-state index in [1.807, 2.05) is 16.7 Å². The largest absolute Gasteiger partial charge is 0.496 e. The Morgan fingerprint density at radius 3 is 2.58 bits per heavy atom. The van der Waals surface area contributed by atoms with Crippen LogP contribution < -0.4 is 15.5 Å². The summed E-state index contributed by atoms with van der Waals surface area (Å²) >= 11 is 1.27. The number of nitrogens with zero attached hydrogens (tertiary/aromatic N) is 2. The van der Waals surface area contributed by atoms with Gasteiger partial charge in [-0.25, -0.2) is 9.78 Å². The van der Waals surface area contributed by atoms with Crippen molar-refractivity contribution in [3.8, 4) is 27.4 Å². The van der Waals surface area contributed by atoms with Gasteiger partial charge in [-0.3, -0.25) is 9.59 Å². The molecule has 3 aromatic rings. The van der Waals surface area contributed by atoms with Crippen molar-refractivity contribution in [2.24, 2.45) is 5.41 Å². The van der Waals surface area contributed by atoms with Gasteiger partial charge in [-0.2, -0.15) is 0 Å². The van der Waals surface area contributed by atoms with E-state index < -0.39 is 11.4 Å². The van der Waals surface area contributed by atoms with Gasteiger partial charge in [0.1, 0.15) is 11.3 Å². The predicted octanol–water partition coefficient (Wildman–Crippen LogP) is 3.85. The Morgan fingerprint density at radius 2 is 1.97 bits per heavy atom. The maximum Gasteiger partial charge on any atom is 0.341 e. The van der Waals surface area contributed by atoms with Crippen molar-refractivity contribution in [1.82, 2.24) is 14.9 Å². The molecule has 33 heavy (non-hydrogen) atoms. The number of methoxy groups -OCH3 is 1. The summed E-state index contributed by atoms with van der Waals surface area (Å²) in [7, 11) is 3.12. The zero-order chi connectivity index (χ0) is 24.1. The minimum Gasteiger partial charge on any atom is -0.496 e. The fraction of sp³-hybridized carbons (Fsp3) is 0.333. The van der Waals surface area contributed by atoms with Gasteiger partial charge in [-0.1, -0.05) is 20.8 Å². The zero-order valence-electron chi connectivity index (χ0n) is 19.1. The smallest absolute Gasteiger partial charge is 0.341 e. The van der Waals surface area contributed by atoms with E-state index in [0.717, 1.165) is 21.6 Å². The summed E-state index contributed by atoms with van der Waals surface area (Å²) in [6.07, 6.45) is 3.76. The van der Waals surface area contributed by atoms with Gasteiger partial charge in [0, 0.05) is 42.7 Å². The number of benzene rings is 1. The third-order valence-corrected chi connectivity index (χ3v) is 6.98. The highest BCUT2D eigenvalue weighted by molar-refractivity contribution is 7.17. The van der Waals surface area contributed by atoms with Gasteiger partial charge >= 0.3 is 5.97 Å². The van der Waals surface area contributed by atoms with Crippen molar-refractivity contribution in [2.75, 3.05) is 14.2 Å². The molecule has 1 aromatic carbocycles. The second kappa shape index (κ2) is 8.15. The van der Waals surface area contributed by atoms with Gasteiger partial charge in [-0.15, -0.1) is 11.3 Å². The van der Waals surface area contributed by atoms with Crippen LogP contribution in [0.2, 0.25) is 0 Å². The molecule has 0 saturated carbocycles. The number of aromatic carboxylic acids is 1. The van der Waals surface area contributed by atoms with Gasteiger partial charge in [0.15, 0.2) is 10.4 Å². The first kappa shape index (κ1) is 22.7. The summed E-state index contributed by atoms with van der Waals surface area (Å²) in [5.41, 5.74) is 2.33. The lowest BCUT2D eigenvalue weighted by Crippen LogP contribution is -2.32. The second-order valence-electron chi connectivity index (χ2n) is 9.05. The number of pyridine rings is 1. The number of fused-ring (bicyclic) bond motifs is 3. The predicted molar refractivity (Wildman–Crippen MR) is 126 cm³/mol. The molecular formula is C24H25N3O5S. The number of carboxylic acids is 1. The molecular weight excluding hydrogens is 442 g/mol. The molecule has 0 fully saturated rings. The Morgan fingerprint density at radius 1 is 1.24 bits per heavy atom. The molecule has 1 unspecified atom stereocenters. The van der Waals surface area contributed by atoms with Crippen LogP contribution in [0.15, 0.2) is 35.4 Å². The van der Waals surface area contributed by atoms with Crippen LogP contribution in [-0.2, 0) is 6.42 Å². The summed E-state index contributed by atoms with van der Waals surface area (Å²) in [4.78, 5) is 41.2. The first-order valence-corrected chi connectivity index (χ1v) is 11.3. The Kier molecular flexibility index (Phi) is 5.61. The molecule has 0 radical (unpaired) electrons. The first-order chi connectivity index (χ1) is 15.5. The minimum absolute atomic E-state index is 0.0668. The van der Waals surface area contributed by atoms with Crippen LogP contribution in [0.3, 0.4) is 0 Å². The molecule has 1 aliphatic rings. The Balaban J connectivity index is 1.94. The third kappa shape index (κ3) is 3.93. The SMILES string of the molecule is CNC(=O)c1ncc(-c2cc3c(cc2OC)-c2cc(=O)c(C(=O)O)cn2C(C(C)(C)C)C3)s1.